The number of halogens is 1. The molecule has 1 fully saturated rings. The first-order valence-electron chi connectivity index (χ1n) is 11.4. The van der Waals surface area contributed by atoms with Gasteiger partial charge in [0, 0.05) is 37.3 Å². The molecule has 34 heavy (non-hydrogen) atoms. The predicted octanol–water partition coefficient (Wildman–Crippen LogP) is 4.62. The van der Waals surface area contributed by atoms with E-state index in [1.165, 1.54) is 18.2 Å². The summed E-state index contributed by atoms with van der Waals surface area (Å²) >= 11 is 0. The summed E-state index contributed by atoms with van der Waals surface area (Å²) < 4.78 is 19.3. The van der Waals surface area contributed by atoms with Gasteiger partial charge in [-0.1, -0.05) is 26.0 Å². The van der Waals surface area contributed by atoms with Crippen LogP contribution in [-0.2, 0) is 10.3 Å². The summed E-state index contributed by atoms with van der Waals surface area (Å²) in [5.41, 5.74) is 0.971. The molecule has 180 valence electrons. The van der Waals surface area contributed by atoms with E-state index in [1.54, 1.807) is 24.4 Å². The molecular weight excluding hydrogens is 439 g/mol. The lowest BCUT2D eigenvalue weighted by molar-refractivity contribution is -0.384. The van der Waals surface area contributed by atoms with Gasteiger partial charge in [0.2, 0.25) is 5.82 Å². The molecule has 0 bridgehead atoms. The minimum absolute atomic E-state index is 0.0921. The van der Waals surface area contributed by atoms with Crippen molar-refractivity contribution in [3.8, 4) is 0 Å². The van der Waals surface area contributed by atoms with Crippen molar-refractivity contribution in [2.24, 2.45) is 16.1 Å². The Hall–Kier alpha value is -3.24. The van der Waals surface area contributed by atoms with Crippen LogP contribution in [0.5, 0.6) is 0 Å². The third kappa shape index (κ3) is 4.55. The molecule has 2 unspecified atom stereocenters. The highest BCUT2D eigenvalue weighted by Gasteiger charge is 2.48. The lowest BCUT2D eigenvalue weighted by atomic mass is 9.76. The monoisotopic (exact) mass is 468 g/mol. The fourth-order valence-corrected chi connectivity index (χ4v) is 4.47. The number of azo groups is 1. The highest BCUT2D eigenvalue weighted by atomic mass is 19.1. The fraction of sp³-hybridized carbons (Fsp3) is 0.458. The minimum atomic E-state index is -0.955. The van der Waals surface area contributed by atoms with Gasteiger partial charge in [-0.05, 0) is 36.6 Å². The van der Waals surface area contributed by atoms with Crippen LogP contribution in [0.4, 0.5) is 15.9 Å². The van der Waals surface area contributed by atoms with E-state index in [2.05, 4.69) is 27.2 Å². The largest absolute Gasteiger partial charge is 0.379 e. The quantitative estimate of drug-likeness (QED) is 0.448. The van der Waals surface area contributed by atoms with Crippen molar-refractivity contribution >= 4 is 17.1 Å². The zero-order valence-corrected chi connectivity index (χ0v) is 19.6. The van der Waals surface area contributed by atoms with Gasteiger partial charge in [-0.25, -0.2) is 9.37 Å². The number of morpholine rings is 1. The minimum Gasteiger partial charge on any atom is -0.379 e. The molecule has 0 saturated carbocycles. The third-order valence-electron chi connectivity index (χ3n) is 6.32. The summed E-state index contributed by atoms with van der Waals surface area (Å²) in [4.78, 5) is 18.1. The van der Waals surface area contributed by atoms with E-state index in [0.717, 1.165) is 18.7 Å². The lowest BCUT2D eigenvalue weighted by Crippen LogP contribution is -2.52. The van der Waals surface area contributed by atoms with Gasteiger partial charge >= 0.3 is 5.69 Å². The van der Waals surface area contributed by atoms with Gasteiger partial charge in [0.1, 0.15) is 5.82 Å². The first kappa shape index (κ1) is 23.9. The predicted molar refractivity (Wildman–Crippen MR) is 127 cm³/mol. The van der Waals surface area contributed by atoms with E-state index in [9.17, 15) is 14.5 Å². The number of nitro groups is 1. The molecule has 4 rings (SSSR count). The second-order valence-electron chi connectivity index (χ2n) is 8.95. The maximum Gasteiger partial charge on any atom is 0.311 e. The van der Waals surface area contributed by atoms with E-state index in [4.69, 9.17) is 9.85 Å². The summed E-state index contributed by atoms with van der Waals surface area (Å²) in [6.45, 7) is 9.31. The van der Waals surface area contributed by atoms with E-state index in [-0.39, 0.29) is 29.3 Å². The fourth-order valence-electron chi connectivity index (χ4n) is 4.47. The summed E-state index contributed by atoms with van der Waals surface area (Å²) in [7, 11) is 0. The Labute approximate surface area is 197 Å². The van der Waals surface area contributed by atoms with Gasteiger partial charge in [0.05, 0.1) is 30.0 Å². The van der Waals surface area contributed by atoms with Crippen LogP contribution in [-0.4, -0.2) is 53.7 Å². The second kappa shape index (κ2) is 9.94. The number of benzene rings is 1. The number of hydrogen-bond acceptors (Lipinski definition) is 8. The molecule has 2 aromatic rings. The second-order valence-corrected chi connectivity index (χ2v) is 8.95. The van der Waals surface area contributed by atoms with Crippen LogP contribution in [0.3, 0.4) is 0 Å². The maximum absolute atomic E-state index is 13.8. The Balaban J connectivity index is 1.81. The van der Waals surface area contributed by atoms with Crippen LogP contribution in [0.25, 0.3) is 5.57 Å². The molecule has 10 heteroatoms. The van der Waals surface area contributed by atoms with Crippen LogP contribution in [0, 0.1) is 21.8 Å². The number of aromatic nitrogens is 1. The van der Waals surface area contributed by atoms with E-state index < -0.39 is 10.5 Å². The van der Waals surface area contributed by atoms with Crippen molar-refractivity contribution in [2.75, 3.05) is 38.2 Å². The number of nitrogens with one attached hydrogen (secondary N) is 1. The molecule has 2 aliphatic heterocycles. The van der Waals surface area contributed by atoms with Gasteiger partial charge < -0.3 is 10.1 Å². The number of ether oxygens (including phenoxy) is 1. The highest BCUT2D eigenvalue weighted by Crippen LogP contribution is 2.48. The molecule has 3 heterocycles. The SMILES string of the molecule is CC(C)CNc1nc(C2=CN=NC2(c2ccc(F)cc2)C(C)N2CCOCC2)ccc1[N+](=O)[O-]. The molecule has 1 N–H and O–H groups in total. The summed E-state index contributed by atoms with van der Waals surface area (Å²) in [6.07, 6.45) is 1.65. The van der Waals surface area contributed by atoms with Crippen LogP contribution < -0.4 is 5.32 Å². The van der Waals surface area contributed by atoms with Crippen molar-refractivity contribution in [3.63, 3.8) is 0 Å². The van der Waals surface area contributed by atoms with Crippen molar-refractivity contribution in [3.05, 3.63) is 69.8 Å². The van der Waals surface area contributed by atoms with Gasteiger partial charge in [-0.3, -0.25) is 15.0 Å². The topological polar surface area (TPSA) is 105 Å². The molecule has 9 nitrogen and oxygen atoms in total. The Bertz CT molecular complexity index is 1100. The summed E-state index contributed by atoms with van der Waals surface area (Å²) in [5.74, 6) is 0.142. The maximum atomic E-state index is 13.8. The first-order chi connectivity index (χ1) is 16.3. The molecule has 1 aromatic carbocycles. The standard InChI is InChI=1S/C24H29FN6O3/c1-16(2)14-26-23-22(31(32)33)9-8-21(28-23)20-15-27-29-24(20,18-4-6-19(25)7-5-18)17(3)30-10-12-34-13-11-30/h4-9,15-17H,10-14H2,1-3H3,(H,26,28). The van der Waals surface area contributed by atoms with Gasteiger partial charge in [0.25, 0.3) is 0 Å². The molecule has 2 atom stereocenters. The van der Waals surface area contributed by atoms with Crippen LogP contribution in [0.1, 0.15) is 32.0 Å². The molecule has 0 spiro atoms. The molecule has 2 aliphatic rings. The summed E-state index contributed by atoms with van der Waals surface area (Å²) in [5, 5.41) is 23.7. The lowest BCUT2D eigenvalue weighted by Gasteiger charge is -2.42. The van der Waals surface area contributed by atoms with E-state index in [1.807, 2.05) is 13.8 Å². The highest BCUT2D eigenvalue weighted by molar-refractivity contribution is 5.77. The van der Waals surface area contributed by atoms with E-state index >= 15 is 0 Å². The Kier molecular flexibility index (Phi) is 6.99. The average Bonchev–Trinajstić information content (AvgIpc) is 3.29. The van der Waals surface area contributed by atoms with Crippen molar-refractivity contribution in [1.82, 2.24) is 9.88 Å². The van der Waals surface area contributed by atoms with Gasteiger partial charge in [0.15, 0.2) is 5.54 Å². The Morgan fingerprint density at radius 2 is 1.88 bits per heavy atom. The van der Waals surface area contributed by atoms with Crippen LogP contribution >= 0.6 is 0 Å². The van der Waals surface area contributed by atoms with Crippen molar-refractivity contribution in [1.29, 1.82) is 0 Å². The van der Waals surface area contributed by atoms with E-state index in [0.29, 0.717) is 31.0 Å². The zero-order valence-electron chi connectivity index (χ0n) is 19.6. The first-order valence-corrected chi connectivity index (χ1v) is 11.4. The molecule has 1 saturated heterocycles. The van der Waals surface area contributed by atoms with Crippen molar-refractivity contribution in [2.45, 2.75) is 32.4 Å². The Morgan fingerprint density at radius 3 is 2.53 bits per heavy atom. The number of anilines is 1. The average molecular weight is 469 g/mol. The number of nitrogens with zero attached hydrogens (tertiary/aromatic N) is 5. The number of pyridine rings is 1. The summed E-state index contributed by atoms with van der Waals surface area (Å²) in [6, 6.07) is 9.19. The smallest absolute Gasteiger partial charge is 0.311 e. The molecule has 0 aliphatic carbocycles. The normalized spacial score (nSPS) is 21.5. The van der Waals surface area contributed by atoms with Crippen LogP contribution in [0.15, 0.2) is 52.8 Å². The zero-order chi connectivity index (χ0) is 24.3. The van der Waals surface area contributed by atoms with Crippen molar-refractivity contribution < 1.29 is 14.1 Å². The number of rotatable bonds is 8. The van der Waals surface area contributed by atoms with Crippen LogP contribution in [0.2, 0.25) is 0 Å². The molecule has 0 radical (unpaired) electrons. The molecular formula is C24H29FN6O3. The third-order valence-corrected chi connectivity index (χ3v) is 6.32. The number of hydrogen-bond donors (Lipinski definition) is 1. The van der Waals surface area contributed by atoms with Gasteiger partial charge in [-0.2, -0.15) is 10.2 Å². The molecule has 1 aromatic heterocycles. The Morgan fingerprint density at radius 1 is 1.18 bits per heavy atom. The van der Waals surface area contributed by atoms with Gasteiger partial charge in [-0.15, -0.1) is 0 Å². The molecule has 0 amide bonds.